The van der Waals surface area contributed by atoms with Crippen molar-refractivity contribution in [3.8, 4) is 0 Å². The van der Waals surface area contributed by atoms with Crippen molar-refractivity contribution in [2.45, 2.75) is 18.4 Å². The Morgan fingerprint density at radius 2 is 2.00 bits per heavy atom. The number of nitro benzene ring substituents is 1. The number of amides is 1. The number of nitrogens with zero attached hydrogens (tertiary/aromatic N) is 2. The third-order valence-corrected chi connectivity index (χ3v) is 3.38. The summed E-state index contributed by atoms with van der Waals surface area (Å²) >= 11 is 0. The smallest absolute Gasteiger partial charge is 0.407 e. The number of rotatable bonds is 2. The number of carbonyl (C=O) groups is 1. The van der Waals surface area contributed by atoms with Crippen LogP contribution in [0.4, 0.5) is 10.5 Å². The second kappa shape index (κ2) is 5.23. The molecule has 7 heteroatoms. The van der Waals surface area contributed by atoms with E-state index in [1.54, 1.807) is 12.1 Å². The largest absolute Gasteiger partial charge is 0.465 e. The highest BCUT2D eigenvalue weighted by atomic mass is 16.6. The van der Waals surface area contributed by atoms with Crippen LogP contribution in [0.2, 0.25) is 0 Å². The lowest BCUT2D eigenvalue weighted by Crippen LogP contribution is -2.45. The minimum atomic E-state index is -1.04. The number of piperidine rings is 1. The van der Waals surface area contributed by atoms with Gasteiger partial charge in [-0.15, -0.1) is 0 Å². The first-order valence-corrected chi connectivity index (χ1v) is 5.89. The number of hydrogen-bond acceptors (Lipinski definition) is 4. The van der Waals surface area contributed by atoms with Gasteiger partial charge in [0.15, 0.2) is 0 Å². The summed E-state index contributed by atoms with van der Waals surface area (Å²) in [4.78, 5) is 22.1. The number of benzene rings is 1. The second-order valence-electron chi connectivity index (χ2n) is 4.54. The molecular weight excluding hydrogens is 252 g/mol. The number of likely N-dealkylation sites (tertiary alicyclic amines) is 1. The van der Waals surface area contributed by atoms with E-state index >= 15 is 0 Å². The van der Waals surface area contributed by atoms with E-state index in [0.29, 0.717) is 13.0 Å². The van der Waals surface area contributed by atoms with Gasteiger partial charge in [0.25, 0.3) is 5.69 Å². The monoisotopic (exact) mass is 266 g/mol. The van der Waals surface area contributed by atoms with Gasteiger partial charge in [-0.2, -0.15) is 0 Å². The molecule has 2 rings (SSSR count). The summed E-state index contributed by atoms with van der Waals surface area (Å²) in [6.07, 6.45) is -1.32. The molecule has 1 amide bonds. The third kappa shape index (κ3) is 2.82. The van der Waals surface area contributed by atoms with E-state index in [1.807, 2.05) is 0 Å². The zero-order chi connectivity index (χ0) is 14.0. The van der Waals surface area contributed by atoms with Gasteiger partial charge in [0.05, 0.1) is 17.6 Å². The maximum absolute atomic E-state index is 10.8. The zero-order valence-corrected chi connectivity index (χ0v) is 10.1. The van der Waals surface area contributed by atoms with Gasteiger partial charge in [0.2, 0.25) is 0 Å². The average molecular weight is 266 g/mol. The quantitative estimate of drug-likeness (QED) is 0.622. The van der Waals surface area contributed by atoms with Gasteiger partial charge < -0.3 is 15.1 Å². The molecule has 1 saturated heterocycles. The number of non-ortho nitro benzene ring substituents is 1. The average Bonchev–Trinajstić information content (AvgIpc) is 2.38. The SMILES string of the molecule is O=C(O)N1CCC(c2ccc([N+](=O)[O-])cc2)C(O)C1. The predicted molar refractivity (Wildman–Crippen MR) is 66.1 cm³/mol. The first-order chi connectivity index (χ1) is 8.99. The minimum Gasteiger partial charge on any atom is -0.465 e. The molecule has 19 heavy (non-hydrogen) atoms. The van der Waals surface area contributed by atoms with Crippen molar-refractivity contribution < 1.29 is 19.9 Å². The molecule has 0 aliphatic carbocycles. The summed E-state index contributed by atoms with van der Waals surface area (Å²) in [5.74, 6) is -0.184. The van der Waals surface area contributed by atoms with Crippen LogP contribution in [0.3, 0.4) is 0 Å². The van der Waals surface area contributed by atoms with Gasteiger partial charge in [0.1, 0.15) is 0 Å². The molecule has 2 atom stereocenters. The Morgan fingerprint density at radius 1 is 1.37 bits per heavy atom. The number of hydrogen-bond donors (Lipinski definition) is 2. The molecule has 2 N–H and O–H groups in total. The normalized spacial score (nSPS) is 23.1. The fraction of sp³-hybridized carbons (Fsp3) is 0.417. The van der Waals surface area contributed by atoms with E-state index in [1.165, 1.54) is 17.0 Å². The van der Waals surface area contributed by atoms with E-state index < -0.39 is 17.1 Å². The maximum atomic E-state index is 10.8. The zero-order valence-electron chi connectivity index (χ0n) is 10.1. The Morgan fingerprint density at radius 3 is 2.47 bits per heavy atom. The van der Waals surface area contributed by atoms with Crippen molar-refractivity contribution in [2.75, 3.05) is 13.1 Å². The van der Waals surface area contributed by atoms with Crippen LogP contribution in [0.1, 0.15) is 17.9 Å². The lowest BCUT2D eigenvalue weighted by molar-refractivity contribution is -0.384. The highest BCUT2D eigenvalue weighted by molar-refractivity contribution is 5.65. The first-order valence-electron chi connectivity index (χ1n) is 5.89. The number of carboxylic acid groups (broad SMARTS) is 1. The molecule has 102 valence electrons. The van der Waals surface area contributed by atoms with Crippen molar-refractivity contribution in [3.05, 3.63) is 39.9 Å². The Labute approximate surface area is 109 Å². The van der Waals surface area contributed by atoms with Crippen molar-refractivity contribution in [1.82, 2.24) is 4.90 Å². The van der Waals surface area contributed by atoms with Crippen molar-refractivity contribution in [1.29, 1.82) is 0 Å². The third-order valence-electron chi connectivity index (χ3n) is 3.38. The van der Waals surface area contributed by atoms with Gasteiger partial charge in [-0.25, -0.2) is 4.79 Å². The van der Waals surface area contributed by atoms with Crippen LogP contribution in [0.15, 0.2) is 24.3 Å². The topological polar surface area (TPSA) is 104 Å². The lowest BCUT2D eigenvalue weighted by atomic mass is 9.87. The molecule has 0 aromatic heterocycles. The fourth-order valence-corrected chi connectivity index (χ4v) is 2.34. The van der Waals surface area contributed by atoms with E-state index in [0.717, 1.165) is 5.56 Å². The summed E-state index contributed by atoms with van der Waals surface area (Å²) < 4.78 is 0. The summed E-state index contributed by atoms with van der Waals surface area (Å²) in [5, 5.41) is 29.4. The van der Waals surface area contributed by atoms with Crippen LogP contribution in [0, 0.1) is 10.1 Å². The predicted octanol–water partition coefficient (Wildman–Crippen LogP) is 1.42. The van der Waals surface area contributed by atoms with E-state index in [4.69, 9.17) is 5.11 Å². The molecule has 1 aromatic carbocycles. The number of aliphatic hydroxyl groups is 1. The highest BCUT2D eigenvalue weighted by Gasteiger charge is 2.31. The van der Waals surface area contributed by atoms with E-state index in [2.05, 4.69) is 0 Å². The molecule has 2 unspecified atom stereocenters. The Balaban J connectivity index is 2.10. The second-order valence-corrected chi connectivity index (χ2v) is 4.54. The number of nitro groups is 1. The lowest BCUT2D eigenvalue weighted by Gasteiger charge is -2.34. The summed E-state index contributed by atoms with van der Waals surface area (Å²) in [6.45, 7) is 0.422. The van der Waals surface area contributed by atoms with Crippen LogP contribution in [-0.4, -0.2) is 45.3 Å². The minimum absolute atomic E-state index is 0.00112. The van der Waals surface area contributed by atoms with Crippen LogP contribution in [-0.2, 0) is 0 Å². The van der Waals surface area contributed by atoms with Gasteiger partial charge in [-0.1, -0.05) is 12.1 Å². The first kappa shape index (κ1) is 13.3. The molecule has 7 nitrogen and oxygen atoms in total. The number of aliphatic hydroxyl groups excluding tert-OH is 1. The summed E-state index contributed by atoms with van der Waals surface area (Å²) in [6, 6.07) is 6.02. The van der Waals surface area contributed by atoms with Crippen molar-refractivity contribution >= 4 is 11.8 Å². The van der Waals surface area contributed by atoms with E-state index in [-0.39, 0.29) is 18.2 Å². The Kier molecular flexibility index (Phi) is 3.66. The molecular formula is C12H14N2O5. The summed E-state index contributed by atoms with van der Waals surface area (Å²) in [7, 11) is 0. The Bertz CT molecular complexity index is 487. The number of β-amino-alcohol motifs (C(OH)–C–C–N with tert-alkyl or cyclic N) is 1. The van der Waals surface area contributed by atoms with Crippen LogP contribution in [0.5, 0.6) is 0 Å². The van der Waals surface area contributed by atoms with Crippen molar-refractivity contribution in [2.24, 2.45) is 0 Å². The summed E-state index contributed by atoms with van der Waals surface area (Å²) in [5.41, 5.74) is 0.796. The molecule has 0 spiro atoms. The van der Waals surface area contributed by atoms with Crippen LogP contribution in [0.25, 0.3) is 0 Å². The van der Waals surface area contributed by atoms with Gasteiger partial charge in [-0.3, -0.25) is 10.1 Å². The van der Waals surface area contributed by atoms with Gasteiger partial charge in [0, 0.05) is 24.6 Å². The molecule has 1 aliphatic heterocycles. The molecule has 0 radical (unpaired) electrons. The fourth-order valence-electron chi connectivity index (χ4n) is 2.34. The van der Waals surface area contributed by atoms with Gasteiger partial charge in [-0.05, 0) is 12.0 Å². The Hall–Kier alpha value is -2.15. The maximum Gasteiger partial charge on any atom is 0.407 e. The molecule has 1 fully saturated rings. The molecule has 0 bridgehead atoms. The van der Waals surface area contributed by atoms with Crippen LogP contribution >= 0.6 is 0 Å². The molecule has 1 heterocycles. The standard InChI is InChI=1S/C12H14N2O5/c15-11-7-13(12(16)17)6-5-10(11)8-1-3-9(4-2-8)14(18)19/h1-4,10-11,15H,5-7H2,(H,16,17). The molecule has 0 saturated carbocycles. The molecule has 1 aliphatic rings. The van der Waals surface area contributed by atoms with Crippen molar-refractivity contribution in [3.63, 3.8) is 0 Å². The molecule has 1 aromatic rings. The van der Waals surface area contributed by atoms with Gasteiger partial charge >= 0.3 is 6.09 Å². The van der Waals surface area contributed by atoms with Crippen LogP contribution < -0.4 is 0 Å². The van der Waals surface area contributed by atoms with E-state index in [9.17, 15) is 20.0 Å². The highest BCUT2D eigenvalue weighted by Crippen LogP contribution is 2.29.